The Kier molecular flexibility index (Phi) is 5.33. The van der Waals surface area contributed by atoms with Gasteiger partial charge in [0.05, 0.1) is 11.4 Å². The molecule has 3 aromatic carbocycles. The summed E-state index contributed by atoms with van der Waals surface area (Å²) in [4.78, 5) is 27.4. The molecule has 0 aliphatic rings. The smallest absolute Gasteiger partial charge is 0.240 e. The zero-order chi connectivity index (χ0) is 18.2. The van der Waals surface area contributed by atoms with Crippen molar-refractivity contribution in [3.63, 3.8) is 0 Å². The molecule has 6 nitrogen and oxygen atoms in total. The molecule has 3 rings (SSSR count). The van der Waals surface area contributed by atoms with E-state index in [1.165, 1.54) is 12.2 Å². The Bertz CT molecular complexity index is 885. The second-order valence-corrected chi connectivity index (χ2v) is 5.07. The predicted octanol–water partition coefficient (Wildman–Crippen LogP) is 5.21. The predicted molar refractivity (Wildman–Crippen MR) is 95.0 cm³/mol. The maximum atomic E-state index is 10.2. The van der Waals surface area contributed by atoms with E-state index in [2.05, 4.69) is 9.98 Å². The summed E-state index contributed by atoms with van der Waals surface area (Å²) in [5.74, 6) is 2.52. The average molecular weight is 344 g/mol. The van der Waals surface area contributed by atoms with Crippen LogP contribution in [0.2, 0.25) is 0 Å². The summed E-state index contributed by atoms with van der Waals surface area (Å²) in [5, 5.41) is 0. The minimum absolute atomic E-state index is 0.515. The van der Waals surface area contributed by atoms with Crippen LogP contribution in [0.15, 0.2) is 82.8 Å². The van der Waals surface area contributed by atoms with Crippen LogP contribution in [0.3, 0.4) is 0 Å². The van der Waals surface area contributed by atoms with Crippen LogP contribution in [0, 0.1) is 0 Å². The van der Waals surface area contributed by atoms with Gasteiger partial charge in [-0.3, -0.25) is 0 Å². The number of hydrogen-bond acceptors (Lipinski definition) is 6. The number of isocyanates is 2. The molecule has 0 aliphatic heterocycles. The summed E-state index contributed by atoms with van der Waals surface area (Å²) < 4.78 is 11.4. The molecule has 6 heteroatoms. The Balaban J connectivity index is 1.64. The van der Waals surface area contributed by atoms with Crippen molar-refractivity contribution in [2.45, 2.75) is 0 Å². The normalized spacial score (nSPS) is 9.54. The molecule has 26 heavy (non-hydrogen) atoms. The summed E-state index contributed by atoms with van der Waals surface area (Å²) in [5.41, 5.74) is 1.03. The Morgan fingerprint density at radius 3 is 1.04 bits per heavy atom. The zero-order valence-corrected chi connectivity index (χ0v) is 13.5. The van der Waals surface area contributed by atoms with Crippen molar-refractivity contribution in [1.29, 1.82) is 0 Å². The van der Waals surface area contributed by atoms with Gasteiger partial charge < -0.3 is 9.47 Å². The first-order chi connectivity index (χ1) is 12.8. The van der Waals surface area contributed by atoms with Gasteiger partial charge in [-0.05, 0) is 72.8 Å². The van der Waals surface area contributed by atoms with E-state index in [9.17, 15) is 9.59 Å². The largest absolute Gasteiger partial charge is 0.457 e. The van der Waals surface area contributed by atoms with Crippen molar-refractivity contribution in [2.75, 3.05) is 0 Å². The van der Waals surface area contributed by atoms with Crippen LogP contribution in [0.4, 0.5) is 11.4 Å². The molecular formula is C20H12N2O4. The lowest BCUT2D eigenvalue weighted by Gasteiger charge is -2.08. The number of rotatable bonds is 6. The second kappa shape index (κ2) is 8.22. The van der Waals surface area contributed by atoms with Crippen LogP contribution < -0.4 is 9.47 Å². The fraction of sp³-hybridized carbons (Fsp3) is 0. The highest BCUT2D eigenvalue weighted by atomic mass is 16.5. The molecule has 0 spiro atoms. The van der Waals surface area contributed by atoms with Gasteiger partial charge in [0.25, 0.3) is 0 Å². The number of carbonyl (C=O) groups excluding carboxylic acids is 2. The molecular weight excluding hydrogens is 332 g/mol. The summed E-state index contributed by atoms with van der Waals surface area (Å²) in [7, 11) is 0. The van der Waals surface area contributed by atoms with Gasteiger partial charge in [0.2, 0.25) is 12.2 Å². The molecule has 0 fully saturated rings. The molecule has 0 saturated carbocycles. The monoisotopic (exact) mass is 344 g/mol. The van der Waals surface area contributed by atoms with Gasteiger partial charge in [0.15, 0.2) is 0 Å². The van der Waals surface area contributed by atoms with E-state index in [-0.39, 0.29) is 0 Å². The van der Waals surface area contributed by atoms with Gasteiger partial charge in [-0.15, -0.1) is 0 Å². The highest BCUT2D eigenvalue weighted by Gasteiger charge is 2.01. The lowest BCUT2D eigenvalue weighted by atomic mass is 10.3. The Morgan fingerprint density at radius 2 is 0.769 bits per heavy atom. The van der Waals surface area contributed by atoms with E-state index >= 15 is 0 Å². The van der Waals surface area contributed by atoms with Gasteiger partial charge in [-0.2, -0.15) is 9.98 Å². The van der Waals surface area contributed by atoms with E-state index in [0.29, 0.717) is 34.4 Å². The maximum Gasteiger partial charge on any atom is 0.240 e. The van der Waals surface area contributed by atoms with Crippen molar-refractivity contribution >= 4 is 23.5 Å². The van der Waals surface area contributed by atoms with E-state index < -0.39 is 0 Å². The molecule has 0 aliphatic carbocycles. The van der Waals surface area contributed by atoms with E-state index in [1.807, 2.05) is 0 Å². The van der Waals surface area contributed by atoms with Crippen LogP contribution in [0.1, 0.15) is 0 Å². The minimum atomic E-state index is 0.515. The number of benzene rings is 3. The highest BCUT2D eigenvalue weighted by molar-refractivity contribution is 5.51. The molecule has 0 saturated heterocycles. The van der Waals surface area contributed by atoms with Crippen LogP contribution in [-0.2, 0) is 9.59 Å². The fourth-order valence-corrected chi connectivity index (χ4v) is 2.13. The number of hydrogen-bond donors (Lipinski definition) is 0. The van der Waals surface area contributed by atoms with E-state index in [1.54, 1.807) is 72.8 Å². The summed E-state index contributed by atoms with van der Waals surface area (Å²) in [6.45, 7) is 0. The molecule has 0 aromatic heterocycles. The number of ether oxygens (including phenoxy) is 2. The first kappa shape index (κ1) is 16.9. The number of aliphatic imine (C=N–C) groups is 2. The first-order valence-electron chi connectivity index (χ1n) is 7.58. The van der Waals surface area contributed by atoms with Crippen LogP contribution in [0.25, 0.3) is 0 Å². The third kappa shape index (κ3) is 4.52. The van der Waals surface area contributed by atoms with Crippen molar-refractivity contribution in [3.8, 4) is 23.0 Å². The quantitative estimate of drug-likeness (QED) is 0.454. The fourth-order valence-electron chi connectivity index (χ4n) is 2.13. The third-order valence-electron chi connectivity index (χ3n) is 3.32. The Labute approximate surface area is 149 Å². The Morgan fingerprint density at radius 1 is 0.500 bits per heavy atom. The molecule has 0 unspecified atom stereocenters. The Hall–Kier alpha value is -3.98. The SMILES string of the molecule is O=C=Nc1ccc(Oc2ccc(Oc3ccc(N=C=O)cc3)cc2)cc1. The minimum Gasteiger partial charge on any atom is -0.457 e. The molecule has 3 aromatic rings. The molecule has 0 bridgehead atoms. The second-order valence-electron chi connectivity index (χ2n) is 5.07. The third-order valence-corrected chi connectivity index (χ3v) is 3.32. The zero-order valence-electron chi connectivity index (χ0n) is 13.5. The van der Waals surface area contributed by atoms with Gasteiger partial charge in [-0.1, -0.05) is 0 Å². The van der Waals surface area contributed by atoms with Gasteiger partial charge in [0.1, 0.15) is 23.0 Å². The highest BCUT2D eigenvalue weighted by Crippen LogP contribution is 2.28. The van der Waals surface area contributed by atoms with E-state index in [0.717, 1.165) is 0 Å². The maximum absolute atomic E-state index is 10.2. The van der Waals surface area contributed by atoms with Crippen LogP contribution in [-0.4, -0.2) is 12.2 Å². The van der Waals surface area contributed by atoms with Crippen molar-refractivity contribution in [2.24, 2.45) is 9.98 Å². The molecule has 0 amide bonds. The summed E-state index contributed by atoms with van der Waals surface area (Å²) >= 11 is 0. The first-order valence-corrected chi connectivity index (χ1v) is 7.58. The van der Waals surface area contributed by atoms with Crippen LogP contribution >= 0.6 is 0 Å². The molecule has 0 N–H and O–H groups in total. The van der Waals surface area contributed by atoms with Crippen molar-refractivity contribution in [1.82, 2.24) is 0 Å². The van der Waals surface area contributed by atoms with E-state index in [4.69, 9.17) is 9.47 Å². The molecule has 0 heterocycles. The van der Waals surface area contributed by atoms with Gasteiger partial charge in [-0.25, -0.2) is 9.59 Å². The topological polar surface area (TPSA) is 77.3 Å². The standard InChI is InChI=1S/C20H12N2O4/c23-13-21-15-1-5-17(6-2-15)25-19-9-11-20(12-10-19)26-18-7-3-16(4-8-18)22-14-24/h1-12H. The summed E-state index contributed by atoms with van der Waals surface area (Å²) in [6, 6.07) is 20.6. The lowest BCUT2D eigenvalue weighted by Crippen LogP contribution is -1.86. The molecule has 0 radical (unpaired) electrons. The van der Waals surface area contributed by atoms with Crippen molar-refractivity contribution < 1.29 is 19.1 Å². The average Bonchev–Trinajstić information content (AvgIpc) is 2.67. The van der Waals surface area contributed by atoms with Crippen LogP contribution in [0.5, 0.6) is 23.0 Å². The number of nitrogens with zero attached hydrogens (tertiary/aromatic N) is 2. The summed E-state index contributed by atoms with van der Waals surface area (Å²) in [6.07, 6.45) is 2.97. The molecule has 126 valence electrons. The lowest BCUT2D eigenvalue weighted by molar-refractivity contribution is 0.469. The molecule has 0 atom stereocenters. The van der Waals surface area contributed by atoms with Gasteiger partial charge in [0, 0.05) is 0 Å². The van der Waals surface area contributed by atoms with Gasteiger partial charge >= 0.3 is 0 Å². The van der Waals surface area contributed by atoms with Crippen molar-refractivity contribution in [3.05, 3.63) is 72.8 Å².